The third-order valence-corrected chi connectivity index (χ3v) is 5.28. The van der Waals surface area contributed by atoms with E-state index in [-0.39, 0.29) is 17.9 Å². The van der Waals surface area contributed by atoms with Gasteiger partial charge in [-0.3, -0.25) is 9.59 Å². The predicted molar refractivity (Wildman–Crippen MR) is 113 cm³/mol. The Bertz CT molecular complexity index is 868. The number of hydrogen-bond donors (Lipinski definition) is 1. The minimum Gasteiger partial charge on any atom is -0.368 e. The Balaban J connectivity index is 1.67. The highest BCUT2D eigenvalue weighted by Gasteiger charge is 2.23. The molecule has 1 fully saturated rings. The van der Waals surface area contributed by atoms with Crippen LogP contribution < -0.4 is 10.2 Å². The van der Waals surface area contributed by atoms with Crippen LogP contribution in [0.1, 0.15) is 45.7 Å². The Labute approximate surface area is 167 Å². The van der Waals surface area contributed by atoms with Crippen molar-refractivity contribution >= 4 is 17.5 Å². The number of anilines is 1. The zero-order chi connectivity index (χ0) is 20.3. The van der Waals surface area contributed by atoms with E-state index in [1.165, 1.54) is 16.8 Å². The highest BCUT2D eigenvalue weighted by Crippen LogP contribution is 2.24. The van der Waals surface area contributed by atoms with Gasteiger partial charge in [-0.05, 0) is 63.1 Å². The summed E-state index contributed by atoms with van der Waals surface area (Å²) in [7, 11) is 0. The van der Waals surface area contributed by atoms with Gasteiger partial charge in [0.2, 0.25) is 0 Å². The van der Waals surface area contributed by atoms with Crippen molar-refractivity contribution in [2.24, 2.45) is 0 Å². The molecule has 2 aromatic carbocycles. The zero-order valence-electron chi connectivity index (χ0n) is 17.2. The molecule has 0 aromatic heterocycles. The van der Waals surface area contributed by atoms with Crippen molar-refractivity contribution in [3.8, 4) is 0 Å². The van der Waals surface area contributed by atoms with Gasteiger partial charge in [-0.2, -0.15) is 0 Å². The van der Waals surface area contributed by atoms with E-state index in [4.69, 9.17) is 0 Å². The van der Waals surface area contributed by atoms with Crippen molar-refractivity contribution in [2.45, 2.75) is 33.7 Å². The summed E-state index contributed by atoms with van der Waals surface area (Å²) in [4.78, 5) is 29.4. The van der Waals surface area contributed by atoms with Gasteiger partial charge in [-0.25, -0.2) is 0 Å². The number of nitrogens with one attached hydrogen (secondary N) is 1. The molecule has 0 unspecified atom stereocenters. The van der Waals surface area contributed by atoms with Gasteiger partial charge in [-0.15, -0.1) is 0 Å². The van der Waals surface area contributed by atoms with Crippen LogP contribution >= 0.6 is 0 Å². The van der Waals surface area contributed by atoms with E-state index in [0.717, 1.165) is 13.1 Å². The van der Waals surface area contributed by atoms with E-state index in [2.05, 4.69) is 42.3 Å². The quantitative estimate of drug-likeness (QED) is 0.886. The van der Waals surface area contributed by atoms with Gasteiger partial charge in [0.25, 0.3) is 11.8 Å². The van der Waals surface area contributed by atoms with Gasteiger partial charge in [0.15, 0.2) is 0 Å². The van der Waals surface area contributed by atoms with E-state index in [9.17, 15) is 9.59 Å². The summed E-state index contributed by atoms with van der Waals surface area (Å²) in [5.74, 6) is -0.163. The average molecular weight is 380 g/mol. The second-order valence-electron chi connectivity index (χ2n) is 7.71. The van der Waals surface area contributed by atoms with Crippen molar-refractivity contribution < 1.29 is 9.59 Å². The highest BCUT2D eigenvalue weighted by molar-refractivity contribution is 5.99. The fourth-order valence-corrected chi connectivity index (χ4v) is 3.55. The lowest BCUT2D eigenvalue weighted by atomic mass is 10.1. The fraction of sp³-hybridized carbons (Fsp3) is 0.391. The predicted octanol–water partition coefficient (Wildman–Crippen LogP) is 3.40. The van der Waals surface area contributed by atoms with Crippen LogP contribution in [0.25, 0.3) is 0 Å². The Hall–Kier alpha value is -2.82. The number of carbonyl (C=O) groups excluding carboxylic acids is 2. The molecule has 148 valence electrons. The third-order valence-electron chi connectivity index (χ3n) is 5.28. The first kappa shape index (κ1) is 19.9. The summed E-state index contributed by atoms with van der Waals surface area (Å²) in [5.41, 5.74) is 4.92. The molecule has 2 aromatic rings. The molecule has 2 amide bonds. The van der Waals surface area contributed by atoms with E-state index in [1.54, 1.807) is 24.3 Å². The number of amides is 2. The minimum absolute atomic E-state index is 0.0141. The smallest absolute Gasteiger partial charge is 0.253 e. The topological polar surface area (TPSA) is 52.7 Å². The van der Waals surface area contributed by atoms with Gasteiger partial charge >= 0.3 is 0 Å². The first-order valence-electron chi connectivity index (χ1n) is 9.88. The number of aryl methyl sites for hydroxylation is 1. The number of carbonyl (C=O) groups is 2. The Kier molecular flexibility index (Phi) is 6.02. The molecule has 5 heteroatoms. The molecule has 0 radical (unpaired) electrons. The first-order chi connectivity index (χ1) is 13.4. The van der Waals surface area contributed by atoms with Gasteiger partial charge in [0, 0.05) is 49.0 Å². The van der Waals surface area contributed by atoms with Crippen LogP contribution in [0.4, 0.5) is 5.69 Å². The van der Waals surface area contributed by atoms with Crippen LogP contribution in [0, 0.1) is 13.8 Å². The normalized spacial score (nSPS) is 14.3. The van der Waals surface area contributed by atoms with Crippen molar-refractivity contribution in [3.63, 3.8) is 0 Å². The average Bonchev–Trinajstić information content (AvgIpc) is 2.69. The van der Waals surface area contributed by atoms with Crippen LogP contribution in [0.3, 0.4) is 0 Å². The van der Waals surface area contributed by atoms with Crippen LogP contribution in [0.15, 0.2) is 42.5 Å². The number of rotatable bonds is 4. The molecular weight excluding hydrogens is 350 g/mol. The fourth-order valence-electron chi connectivity index (χ4n) is 3.55. The molecule has 0 aliphatic carbocycles. The zero-order valence-corrected chi connectivity index (χ0v) is 17.2. The molecule has 5 nitrogen and oxygen atoms in total. The Morgan fingerprint density at radius 3 is 2.25 bits per heavy atom. The molecule has 1 heterocycles. The molecule has 1 saturated heterocycles. The number of piperazine rings is 1. The standard InChI is InChI=1S/C23H29N3O2/c1-16(2)24-22(27)19-8-6-9-20(15-19)23(28)26-13-11-25(12-14-26)21-10-5-7-17(3)18(21)4/h5-10,15-16H,11-14H2,1-4H3,(H,24,27). The highest BCUT2D eigenvalue weighted by atomic mass is 16.2. The van der Waals surface area contributed by atoms with E-state index in [1.807, 2.05) is 18.7 Å². The monoisotopic (exact) mass is 379 g/mol. The van der Waals surface area contributed by atoms with E-state index >= 15 is 0 Å². The van der Waals surface area contributed by atoms with Gasteiger partial charge in [0.05, 0.1) is 0 Å². The van der Waals surface area contributed by atoms with Crippen molar-refractivity contribution in [3.05, 3.63) is 64.7 Å². The number of benzene rings is 2. The molecule has 1 N–H and O–H groups in total. The SMILES string of the molecule is Cc1cccc(N2CCN(C(=O)c3cccc(C(=O)NC(C)C)c3)CC2)c1C. The summed E-state index contributed by atoms with van der Waals surface area (Å²) in [6.45, 7) is 11.1. The maximum atomic E-state index is 12.9. The summed E-state index contributed by atoms with van der Waals surface area (Å²) >= 11 is 0. The van der Waals surface area contributed by atoms with Crippen molar-refractivity contribution in [2.75, 3.05) is 31.1 Å². The van der Waals surface area contributed by atoms with Gasteiger partial charge in [0.1, 0.15) is 0 Å². The Morgan fingerprint density at radius 1 is 0.929 bits per heavy atom. The number of hydrogen-bond acceptors (Lipinski definition) is 3. The second-order valence-corrected chi connectivity index (χ2v) is 7.71. The molecule has 1 aliphatic heterocycles. The van der Waals surface area contributed by atoms with Crippen LogP contribution in [0.5, 0.6) is 0 Å². The third kappa shape index (κ3) is 4.35. The second kappa shape index (κ2) is 8.46. The lowest BCUT2D eigenvalue weighted by molar-refractivity contribution is 0.0746. The van der Waals surface area contributed by atoms with E-state index < -0.39 is 0 Å². The van der Waals surface area contributed by atoms with Crippen LogP contribution in [-0.4, -0.2) is 48.9 Å². The lowest BCUT2D eigenvalue weighted by Gasteiger charge is -2.37. The van der Waals surface area contributed by atoms with Crippen LogP contribution in [-0.2, 0) is 0 Å². The largest absolute Gasteiger partial charge is 0.368 e. The molecule has 1 aliphatic rings. The first-order valence-corrected chi connectivity index (χ1v) is 9.88. The molecular formula is C23H29N3O2. The summed E-state index contributed by atoms with van der Waals surface area (Å²) in [6.07, 6.45) is 0. The van der Waals surface area contributed by atoms with Crippen LogP contribution in [0.2, 0.25) is 0 Å². The molecule has 0 saturated carbocycles. The minimum atomic E-state index is -0.149. The molecule has 0 bridgehead atoms. The number of nitrogens with zero attached hydrogens (tertiary/aromatic N) is 2. The Morgan fingerprint density at radius 2 is 1.57 bits per heavy atom. The van der Waals surface area contributed by atoms with Crippen molar-refractivity contribution in [1.82, 2.24) is 10.2 Å². The summed E-state index contributed by atoms with van der Waals surface area (Å²) in [5, 5.41) is 2.87. The maximum Gasteiger partial charge on any atom is 0.253 e. The lowest BCUT2D eigenvalue weighted by Crippen LogP contribution is -2.49. The molecule has 0 atom stereocenters. The molecule has 28 heavy (non-hydrogen) atoms. The summed E-state index contributed by atoms with van der Waals surface area (Å²) in [6, 6.07) is 13.4. The molecule has 3 rings (SSSR count). The molecule has 0 spiro atoms. The van der Waals surface area contributed by atoms with E-state index in [0.29, 0.717) is 24.2 Å². The maximum absolute atomic E-state index is 12.9. The van der Waals surface area contributed by atoms with Gasteiger partial charge in [-0.1, -0.05) is 18.2 Å². The van der Waals surface area contributed by atoms with Gasteiger partial charge < -0.3 is 15.1 Å². The van der Waals surface area contributed by atoms with Crippen molar-refractivity contribution in [1.29, 1.82) is 0 Å². The summed E-state index contributed by atoms with van der Waals surface area (Å²) < 4.78 is 0.